The molecule has 1 saturated heterocycles. The van der Waals surface area contributed by atoms with Crippen LogP contribution < -0.4 is 9.80 Å². The number of esters is 1. The molecule has 2 fully saturated rings. The highest BCUT2D eigenvalue weighted by molar-refractivity contribution is 6.16. The molecule has 0 aromatic heterocycles. The number of hydrogen-bond acceptors (Lipinski definition) is 6. The van der Waals surface area contributed by atoms with E-state index in [4.69, 9.17) is 4.74 Å². The number of anilines is 2. The predicted molar refractivity (Wildman–Crippen MR) is 137 cm³/mol. The summed E-state index contributed by atoms with van der Waals surface area (Å²) in [5.41, 5.74) is 1.84. The number of ether oxygens (including phenoxy) is 1. The third kappa shape index (κ3) is 3.27. The molecule has 2 amide bonds. The van der Waals surface area contributed by atoms with Crippen LogP contribution in [0.1, 0.15) is 55.5 Å². The van der Waals surface area contributed by atoms with E-state index >= 15 is 0 Å². The minimum atomic E-state index is -1.56. The minimum absolute atomic E-state index is 0.120. The Kier molecular flexibility index (Phi) is 5.09. The van der Waals surface area contributed by atoms with Gasteiger partial charge in [-0.25, -0.2) is 4.79 Å². The molecule has 6 rings (SSSR count). The van der Waals surface area contributed by atoms with E-state index in [-0.39, 0.29) is 41.9 Å². The number of rotatable bonds is 5. The van der Waals surface area contributed by atoms with Crippen molar-refractivity contribution >= 4 is 34.9 Å². The summed E-state index contributed by atoms with van der Waals surface area (Å²) in [5.74, 6) is -1.60. The van der Waals surface area contributed by atoms with Gasteiger partial charge in [-0.2, -0.15) is 0 Å². The summed E-state index contributed by atoms with van der Waals surface area (Å²) >= 11 is 0. The smallest absolute Gasteiger partial charge is 0.354 e. The molecule has 190 valence electrons. The molecule has 0 spiro atoms. The van der Waals surface area contributed by atoms with Gasteiger partial charge in [-0.15, -0.1) is 0 Å². The van der Waals surface area contributed by atoms with E-state index in [9.17, 15) is 19.2 Å². The zero-order valence-electron chi connectivity index (χ0n) is 21.2. The van der Waals surface area contributed by atoms with Crippen molar-refractivity contribution in [1.29, 1.82) is 0 Å². The highest BCUT2D eigenvalue weighted by Gasteiger charge is 2.64. The fourth-order valence-corrected chi connectivity index (χ4v) is 6.22. The Morgan fingerprint density at radius 3 is 2.41 bits per heavy atom. The molecule has 1 aliphatic carbocycles. The van der Waals surface area contributed by atoms with Crippen LogP contribution in [0.2, 0.25) is 0 Å². The molecule has 3 aliphatic heterocycles. The molecule has 3 heterocycles. The molecule has 37 heavy (non-hydrogen) atoms. The van der Waals surface area contributed by atoms with Gasteiger partial charge in [0.15, 0.2) is 12.4 Å². The van der Waals surface area contributed by atoms with Gasteiger partial charge in [0.25, 0.3) is 5.91 Å². The number of allylic oxidation sites excluding steroid dienone is 1. The largest absolute Gasteiger partial charge is 0.454 e. The normalized spacial score (nSPS) is 24.7. The van der Waals surface area contributed by atoms with Gasteiger partial charge >= 0.3 is 5.97 Å². The van der Waals surface area contributed by atoms with E-state index in [0.717, 1.165) is 29.8 Å². The maximum absolute atomic E-state index is 13.8. The third-order valence-corrected chi connectivity index (χ3v) is 8.12. The molecule has 1 saturated carbocycles. The van der Waals surface area contributed by atoms with Crippen molar-refractivity contribution in [3.63, 3.8) is 0 Å². The van der Waals surface area contributed by atoms with Crippen LogP contribution in [0.5, 0.6) is 0 Å². The fraction of sp³-hybridized carbons (Fsp3) is 0.379. The van der Waals surface area contributed by atoms with Crippen molar-refractivity contribution in [2.75, 3.05) is 23.5 Å². The van der Waals surface area contributed by atoms with Crippen molar-refractivity contribution < 1.29 is 23.9 Å². The maximum Gasteiger partial charge on any atom is 0.354 e. The Balaban J connectivity index is 1.29. The molecule has 1 unspecified atom stereocenters. The van der Waals surface area contributed by atoms with Crippen LogP contribution >= 0.6 is 0 Å². The van der Waals surface area contributed by atoms with Crippen molar-refractivity contribution in [2.24, 2.45) is 0 Å². The average Bonchev–Trinajstić information content (AvgIpc) is 3.63. The molecule has 8 heteroatoms. The highest BCUT2D eigenvalue weighted by Crippen LogP contribution is 2.49. The van der Waals surface area contributed by atoms with Crippen LogP contribution in [0.15, 0.2) is 60.3 Å². The average molecular weight is 500 g/mol. The number of para-hydroxylation sites is 2. The SMILES string of the molecule is CN1/C(=C/C(=O)COC(=O)C23CCC(=O)N2c2ccccc2C(=O)N3C2CC2)C(C)(C)c2ccccc21. The van der Waals surface area contributed by atoms with Crippen molar-refractivity contribution in [1.82, 2.24) is 4.90 Å². The summed E-state index contributed by atoms with van der Waals surface area (Å²) in [6.45, 7) is 3.64. The summed E-state index contributed by atoms with van der Waals surface area (Å²) in [4.78, 5) is 58.4. The summed E-state index contributed by atoms with van der Waals surface area (Å²) in [7, 11) is 1.91. The van der Waals surface area contributed by atoms with Gasteiger partial charge in [-0.3, -0.25) is 19.3 Å². The lowest BCUT2D eigenvalue weighted by Crippen LogP contribution is -2.69. The molecular weight excluding hydrogens is 470 g/mol. The summed E-state index contributed by atoms with van der Waals surface area (Å²) in [5, 5.41) is 0. The molecule has 2 aromatic rings. The van der Waals surface area contributed by atoms with Crippen molar-refractivity contribution in [2.45, 2.75) is 56.7 Å². The first-order valence-electron chi connectivity index (χ1n) is 12.7. The number of carbonyl (C=O) groups is 4. The molecule has 0 bridgehead atoms. The summed E-state index contributed by atoms with van der Waals surface area (Å²) < 4.78 is 5.62. The van der Waals surface area contributed by atoms with Crippen LogP contribution in [0.4, 0.5) is 11.4 Å². The Bertz CT molecular complexity index is 1390. The number of nitrogens with zero attached hydrogens (tertiary/aromatic N) is 3. The second kappa shape index (κ2) is 8.03. The summed E-state index contributed by atoms with van der Waals surface area (Å²) in [6.07, 6.45) is 3.31. The number of carbonyl (C=O) groups excluding carboxylic acids is 4. The second-order valence-electron chi connectivity index (χ2n) is 10.7. The number of ketones is 1. The van der Waals surface area contributed by atoms with Crippen LogP contribution in [0.3, 0.4) is 0 Å². The Morgan fingerprint density at radius 2 is 1.70 bits per heavy atom. The number of benzene rings is 2. The van der Waals surface area contributed by atoms with Gasteiger partial charge in [0.05, 0.1) is 11.3 Å². The Morgan fingerprint density at radius 1 is 1.03 bits per heavy atom. The summed E-state index contributed by atoms with van der Waals surface area (Å²) in [6, 6.07) is 14.7. The molecule has 4 aliphatic rings. The molecular formula is C29H29N3O5. The highest BCUT2D eigenvalue weighted by atomic mass is 16.5. The number of hydrogen-bond donors (Lipinski definition) is 0. The van der Waals surface area contributed by atoms with Gasteiger partial charge in [-0.1, -0.05) is 44.2 Å². The first kappa shape index (κ1) is 23.5. The van der Waals surface area contributed by atoms with E-state index in [0.29, 0.717) is 11.3 Å². The second-order valence-corrected chi connectivity index (χ2v) is 10.7. The zero-order valence-corrected chi connectivity index (χ0v) is 21.2. The zero-order chi connectivity index (χ0) is 26.1. The van der Waals surface area contributed by atoms with Crippen molar-refractivity contribution in [3.05, 3.63) is 71.4 Å². The topological polar surface area (TPSA) is 87.2 Å². The van der Waals surface area contributed by atoms with Crippen LogP contribution in [-0.2, 0) is 24.5 Å². The molecule has 2 aromatic carbocycles. The van der Waals surface area contributed by atoms with Gasteiger partial charge in [0.1, 0.15) is 0 Å². The van der Waals surface area contributed by atoms with E-state index in [1.165, 1.54) is 15.9 Å². The van der Waals surface area contributed by atoms with Crippen LogP contribution in [0, 0.1) is 0 Å². The fourth-order valence-electron chi connectivity index (χ4n) is 6.22. The number of likely N-dealkylation sites (N-methyl/N-ethyl adjacent to an activating group) is 1. The lowest BCUT2D eigenvalue weighted by atomic mass is 9.83. The van der Waals surface area contributed by atoms with Crippen LogP contribution in [0.25, 0.3) is 0 Å². The standard InChI is InChI=1S/C29H29N3O5/c1-28(2)21-9-5-7-11-23(21)30(3)24(28)16-19(33)17-37-27(36)29-15-14-25(34)32(29)22-10-6-4-8-20(22)26(35)31(29)18-12-13-18/h4-11,16,18H,12-15,17H2,1-3H3/b24-16+. The molecule has 0 N–H and O–H groups in total. The molecule has 0 radical (unpaired) electrons. The quantitative estimate of drug-likeness (QED) is 0.462. The van der Waals surface area contributed by atoms with Gasteiger partial charge in [-0.05, 0) is 36.6 Å². The maximum atomic E-state index is 13.8. The van der Waals surface area contributed by atoms with Crippen LogP contribution in [-0.4, -0.2) is 53.8 Å². The first-order valence-corrected chi connectivity index (χ1v) is 12.7. The van der Waals surface area contributed by atoms with Gasteiger partial charge in [0, 0.05) is 48.8 Å². The van der Waals surface area contributed by atoms with E-state index in [1.807, 2.05) is 36.2 Å². The van der Waals surface area contributed by atoms with E-state index in [1.54, 1.807) is 24.3 Å². The Hall–Kier alpha value is -3.94. The minimum Gasteiger partial charge on any atom is -0.454 e. The van der Waals surface area contributed by atoms with Gasteiger partial charge in [0.2, 0.25) is 11.6 Å². The van der Waals surface area contributed by atoms with E-state index in [2.05, 4.69) is 13.8 Å². The van der Waals surface area contributed by atoms with E-state index < -0.39 is 18.2 Å². The number of fused-ring (bicyclic) bond motifs is 4. The van der Waals surface area contributed by atoms with Crippen molar-refractivity contribution in [3.8, 4) is 0 Å². The number of amides is 2. The first-order chi connectivity index (χ1) is 17.7. The predicted octanol–water partition coefficient (Wildman–Crippen LogP) is 3.55. The Labute approximate surface area is 215 Å². The lowest BCUT2D eigenvalue weighted by molar-refractivity contribution is -0.159. The van der Waals surface area contributed by atoms with Gasteiger partial charge < -0.3 is 14.5 Å². The molecule has 8 nitrogen and oxygen atoms in total. The monoisotopic (exact) mass is 499 g/mol. The molecule has 1 atom stereocenters. The third-order valence-electron chi connectivity index (χ3n) is 8.12. The lowest BCUT2D eigenvalue weighted by Gasteiger charge is -2.48.